The Kier molecular flexibility index (Phi) is 6.36. The van der Waals surface area contributed by atoms with Gasteiger partial charge < -0.3 is 10.1 Å². The maximum Gasteiger partial charge on any atom is 0.407 e. The minimum Gasteiger partial charge on any atom is -0.441 e. The summed E-state index contributed by atoms with van der Waals surface area (Å²) in [4.78, 5) is 19.6. The third-order valence-corrected chi connectivity index (χ3v) is 6.46. The highest BCUT2D eigenvalue weighted by molar-refractivity contribution is 7.90. The largest absolute Gasteiger partial charge is 0.441 e. The summed E-state index contributed by atoms with van der Waals surface area (Å²) in [7, 11) is -2.71. The molecule has 1 amide bonds. The molecule has 170 valence electrons. The topological polar surface area (TPSA) is 103 Å². The van der Waals surface area contributed by atoms with Crippen LogP contribution in [0.1, 0.15) is 38.1 Å². The molecule has 0 aliphatic carbocycles. The van der Waals surface area contributed by atoms with Crippen LogP contribution in [0.15, 0.2) is 53.8 Å². The molecule has 0 aliphatic heterocycles. The van der Waals surface area contributed by atoms with Crippen molar-refractivity contribution in [2.45, 2.75) is 38.7 Å². The van der Waals surface area contributed by atoms with Crippen LogP contribution in [-0.4, -0.2) is 35.5 Å². The quantitative estimate of drug-likeness (QED) is 0.576. The zero-order valence-electron chi connectivity index (χ0n) is 18.5. The fourth-order valence-electron chi connectivity index (χ4n) is 3.21. The van der Waals surface area contributed by atoms with Gasteiger partial charge in [-0.05, 0) is 37.3 Å². The van der Waals surface area contributed by atoms with E-state index in [9.17, 15) is 17.6 Å². The van der Waals surface area contributed by atoms with Gasteiger partial charge in [0.15, 0.2) is 0 Å². The zero-order valence-corrected chi connectivity index (χ0v) is 19.3. The number of alkyl carbamates (subject to hydrolysis) is 1. The molecule has 0 saturated carbocycles. The number of ether oxygens (including phenoxy) is 1. The molecule has 1 unspecified atom stereocenters. The Morgan fingerprint density at radius 3 is 2.50 bits per heavy atom. The molecule has 1 atom stereocenters. The predicted octanol–water partition coefficient (Wildman–Crippen LogP) is 4.07. The van der Waals surface area contributed by atoms with Gasteiger partial charge in [0.25, 0.3) is 10.0 Å². The number of rotatable bonds is 5. The van der Waals surface area contributed by atoms with Crippen LogP contribution in [0.5, 0.6) is 0 Å². The normalized spacial score (nSPS) is 12.9. The molecule has 3 rings (SSSR count). The van der Waals surface area contributed by atoms with E-state index in [-0.39, 0.29) is 16.2 Å². The summed E-state index contributed by atoms with van der Waals surface area (Å²) < 4.78 is 48.0. The van der Waals surface area contributed by atoms with Gasteiger partial charge in [-0.15, -0.1) is 0 Å². The van der Waals surface area contributed by atoms with Crippen LogP contribution in [0.2, 0.25) is 0 Å². The Morgan fingerprint density at radius 2 is 1.94 bits per heavy atom. The van der Waals surface area contributed by atoms with Crippen LogP contribution < -0.4 is 5.32 Å². The van der Waals surface area contributed by atoms with Crippen LogP contribution in [0.25, 0.3) is 11.3 Å². The molecule has 0 saturated heterocycles. The molecule has 10 heteroatoms. The molecule has 1 N–H and O–H groups in total. The fourth-order valence-corrected chi connectivity index (χ4v) is 4.53. The number of carbonyl (C=O) groups is 1. The van der Waals surface area contributed by atoms with Crippen LogP contribution >= 0.6 is 0 Å². The van der Waals surface area contributed by atoms with Crippen molar-refractivity contribution in [2.75, 3.05) is 7.05 Å². The number of hydrogen-bond acceptors (Lipinski definition) is 6. The van der Waals surface area contributed by atoms with E-state index in [1.54, 1.807) is 13.0 Å². The SMILES string of the molecule is CNC(=O)OC(c1cc(-c2cccnc2F)n(S(=O)(=O)c2ccc(C)nc2)c1)C(C)(C)C. The monoisotopic (exact) mass is 460 g/mol. The molecule has 0 spiro atoms. The molecule has 0 aliphatic rings. The van der Waals surface area contributed by atoms with Crippen LogP contribution in [0.3, 0.4) is 0 Å². The Balaban J connectivity index is 2.26. The van der Waals surface area contributed by atoms with Crippen molar-refractivity contribution in [3.63, 3.8) is 0 Å². The second-order valence-electron chi connectivity index (χ2n) is 8.34. The van der Waals surface area contributed by atoms with Crippen molar-refractivity contribution in [2.24, 2.45) is 5.41 Å². The van der Waals surface area contributed by atoms with Gasteiger partial charge in [-0.3, -0.25) is 4.98 Å². The molecule has 3 aromatic rings. The van der Waals surface area contributed by atoms with Gasteiger partial charge in [0.05, 0.1) is 11.3 Å². The van der Waals surface area contributed by atoms with Gasteiger partial charge >= 0.3 is 6.09 Å². The number of aryl methyl sites for hydroxylation is 1. The van der Waals surface area contributed by atoms with E-state index in [1.807, 2.05) is 20.8 Å². The van der Waals surface area contributed by atoms with E-state index >= 15 is 0 Å². The summed E-state index contributed by atoms with van der Waals surface area (Å²) in [5.74, 6) is -0.824. The summed E-state index contributed by atoms with van der Waals surface area (Å²) in [5, 5.41) is 2.40. The number of pyridine rings is 2. The summed E-state index contributed by atoms with van der Waals surface area (Å²) in [6, 6.07) is 7.46. The number of amides is 1. The standard InChI is InChI=1S/C22H25FN4O4S/c1-14-8-9-16(12-26-14)32(29,30)27-13-15(19(22(2,3)4)31-21(28)24-5)11-18(27)17-7-6-10-25-20(17)23/h6-13,19H,1-5H3,(H,24,28). The summed E-state index contributed by atoms with van der Waals surface area (Å²) in [5.41, 5.74) is 0.514. The lowest BCUT2D eigenvalue weighted by Gasteiger charge is -2.29. The Morgan fingerprint density at radius 1 is 1.22 bits per heavy atom. The van der Waals surface area contributed by atoms with Gasteiger partial charge in [0.2, 0.25) is 5.95 Å². The average Bonchev–Trinajstić information content (AvgIpc) is 3.17. The lowest BCUT2D eigenvalue weighted by molar-refractivity contribution is 0.0315. The lowest BCUT2D eigenvalue weighted by atomic mass is 9.85. The first-order chi connectivity index (χ1) is 14.9. The zero-order chi connectivity index (χ0) is 23.7. The first-order valence-electron chi connectivity index (χ1n) is 9.85. The van der Waals surface area contributed by atoms with E-state index in [4.69, 9.17) is 4.74 Å². The summed E-state index contributed by atoms with van der Waals surface area (Å²) in [6.45, 7) is 7.28. The van der Waals surface area contributed by atoms with Gasteiger partial charge in [-0.2, -0.15) is 4.39 Å². The number of hydrogen-bond donors (Lipinski definition) is 1. The average molecular weight is 461 g/mol. The molecular weight excluding hydrogens is 435 g/mol. The van der Waals surface area contributed by atoms with Gasteiger partial charge in [0, 0.05) is 42.3 Å². The van der Waals surface area contributed by atoms with Crippen molar-refractivity contribution in [1.82, 2.24) is 19.3 Å². The number of nitrogens with zero attached hydrogens (tertiary/aromatic N) is 3. The first kappa shape index (κ1) is 23.4. The molecule has 3 aromatic heterocycles. The molecule has 0 aromatic carbocycles. The van der Waals surface area contributed by atoms with Gasteiger partial charge in [-0.25, -0.2) is 22.2 Å². The highest BCUT2D eigenvalue weighted by Gasteiger charge is 2.34. The number of halogens is 1. The molecule has 0 radical (unpaired) electrons. The van der Waals surface area contributed by atoms with Gasteiger partial charge in [-0.1, -0.05) is 20.8 Å². The third kappa shape index (κ3) is 4.64. The van der Waals surface area contributed by atoms with Crippen molar-refractivity contribution in [3.8, 4) is 11.3 Å². The summed E-state index contributed by atoms with van der Waals surface area (Å²) >= 11 is 0. The Labute approximate surface area is 186 Å². The maximum atomic E-state index is 14.6. The minimum atomic E-state index is -4.14. The number of nitrogens with one attached hydrogen (secondary N) is 1. The molecule has 0 bridgehead atoms. The van der Waals surface area contributed by atoms with E-state index in [2.05, 4.69) is 15.3 Å². The second kappa shape index (κ2) is 8.70. The van der Waals surface area contributed by atoms with E-state index in [0.717, 1.165) is 3.97 Å². The third-order valence-electron chi connectivity index (χ3n) is 4.80. The van der Waals surface area contributed by atoms with Crippen molar-refractivity contribution < 1.29 is 22.3 Å². The maximum absolute atomic E-state index is 14.6. The summed E-state index contributed by atoms with van der Waals surface area (Å²) in [6.07, 6.45) is 2.38. The Hall–Kier alpha value is -3.27. The minimum absolute atomic E-state index is 0.00463. The van der Waals surface area contributed by atoms with Crippen LogP contribution in [0, 0.1) is 18.3 Å². The lowest BCUT2D eigenvalue weighted by Crippen LogP contribution is -2.28. The molecule has 0 fully saturated rings. The van der Waals surface area contributed by atoms with Gasteiger partial charge in [0.1, 0.15) is 11.0 Å². The van der Waals surface area contributed by atoms with Crippen molar-refractivity contribution in [3.05, 3.63) is 66.1 Å². The number of aromatic nitrogens is 3. The van der Waals surface area contributed by atoms with Crippen molar-refractivity contribution >= 4 is 16.1 Å². The molecule has 32 heavy (non-hydrogen) atoms. The predicted molar refractivity (Wildman–Crippen MR) is 117 cm³/mol. The van der Waals surface area contributed by atoms with E-state index < -0.39 is 33.6 Å². The smallest absolute Gasteiger partial charge is 0.407 e. The fraction of sp³-hybridized carbons (Fsp3) is 0.318. The van der Waals surface area contributed by atoms with Crippen molar-refractivity contribution in [1.29, 1.82) is 0 Å². The van der Waals surface area contributed by atoms with E-state index in [0.29, 0.717) is 11.3 Å². The molecule has 8 nitrogen and oxygen atoms in total. The highest BCUT2D eigenvalue weighted by Crippen LogP contribution is 2.39. The van der Waals surface area contributed by atoms with Crippen LogP contribution in [-0.2, 0) is 14.8 Å². The Bertz CT molecular complexity index is 1230. The highest BCUT2D eigenvalue weighted by atomic mass is 32.2. The number of carbonyl (C=O) groups excluding carboxylic acids is 1. The molecule has 3 heterocycles. The van der Waals surface area contributed by atoms with E-state index in [1.165, 1.54) is 49.9 Å². The first-order valence-corrected chi connectivity index (χ1v) is 11.3. The molecular formula is C22H25FN4O4S. The second-order valence-corrected chi connectivity index (χ2v) is 10.2. The van der Waals surface area contributed by atoms with Crippen LogP contribution in [0.4, 0.5) is 9.18 Å².